The second-order valence-electron chi connectivity index (χ2n) is 4.58. The molecule has 0 fully saturated rings. The van der Waals surface area contributed by atoms with Crippen LogP contribution in [0.5, 0.6) is 5.75 Å². The lowest BCUT2D eigenvalue weighted by Gasteiger charge is -2.18. The molecule has 0 aliphatic rings. The van der Waals surface area contributed by atoms with Crippen LogP contribution in [0.25, 0.3) is 0 Å². The summed E-state index contributed by atoms with van der Waals surface area (Å²) >= 11 is 0. The van der Waals surface area contributed by atoms with Crippen molar-refractivity contribution in [3.63, 3.8) is 0 Å². The first kappa shape index (κ1) is 18.1. The van der Waals surface area contributed by atoms with Crippen LogP contribution in [-0.4, -0.2) is 50.8 Å². The van der Waals surface area contributed by atoms with Crippen LogP contribution in [0.2, 0.25) is 0 Å². The van der Waals surface area contributed by atoms with Gasteiger partial charge in [-0.25, -0.2) is 0 Å². The number of amides is 3. The third-order valence-corrected chi connectivity index (χ3v) is 2.96. The SMILES string of the molecule is COc1ccc(CC(NC(=O)CNC=O)C(=O)NCC=O)cc1. The van der Waals surface area contributed by atoms with Gasteiger partial charge < -0.3 is 25.5 Å². The highest BCUT2D eigenvalue weighted by molar-refractivity contribution is 5.89. The summed E-state index contributed by atoms with van der Waals surface area (Å²) in [7, 11) is 1.55. The molecule has 1 aromatic rings. The number of benzene rings is 1. The highest BCUT2D eigenvalue weighted by Gasteiger charge is 2.20. The zero-order valence-electron chi connectivity index (χ0n) is 12.7. The molecule has 0 heterocycles. The molecule has 3 N–H and O–H groups in total. The molecule has 0 saturated heterocycles. The van der Waals surface area contributed by atoms with Gasteiger partial charge in [-0.2, -0.15) is 0 Å². The number of carbonyl (C=O) groups is 4. The summed E-state index contributed by atoms with van der Waals surface area (Å²) < 4.78 is 5.05. The van der Waals surface area contributed by atoms with Crippen molar-refractivity contribution in [1.29, 1.82) is 0 Å². The largest absolute Gasteiger partial charge is 0.497 e. The van der Waals surface area contributed by atoms with Crippen molar-refractivity contribution in [2.24, 2.45) is 0 Å². The fraction of sp³-hybridized carbons (Fsp3) is 0.333. The smallest absolute Gasteiger partial charge is 0.243 e. The summed E-state index contributed by atoms with van der Waals surface area (Å²) in [6, 6.07) is 6.17. The van der Waals surface area contributed by atoms with Crippen molar-refractivity contribution in [2.75, 3.05) is 20.2 Å². The minimum Gasteiger partial charge on any atom is -0.497 e. The highest BCUT2D eigenvalue weighted by atomic mass is 16.5. The van der Waals surface area contributed by atoms with Gasteiger partial charge >= 0.3 is 0 Å². The average molecular weight is 321 g/mol. The number of ether oxygens (including phenoxy) is 1. The fourth-order valence-electron chi connectivity index (χ4n) is 1.85. The summed E-state index contributed by atoms with van der Waals surface area (Å²) in [5.41, 5.74) is 0.806. The van der Waals surface area contributed by atoms with Crippen LogP contribution in [-0.2, 0) is 25.6 Å². The van der Waals surface area contributed by atoms with Gasteiger partial charge in [0.2, 0.25) is 18.2 Å². The molecule has 0 aromatic heterocycles. The van der Waals surface area contributed by atoms with Crippen molar-refractivity contribution in [1.82, 2.24) is 16.0 Å². The molecule has 0 saturated carbocycles. The number of rotatable bonds is 10. The molecule has 1 rings (SSSR count). The Morgan fingerprint density at radius 1 is 1.22 bits per heavy atom. The highest BCUT2D eigenvalue weighted by Crippen LogP contribution is 2.12. The minimum absolute atomic E-state index is 0.138. The normalized spacial score (nSPS) is 11.0. The number of aldehydes is 1. The summed E-state index contributed by atoms with van der Waals surface area (Å²) in [5.74, 6) is -0.306. The van der Waals surface area contributed by atoms with E-state index >= 15 is 0 Å². The maximum atomic E-state index is 12.0. The van der Waals surface area contributed by atoms with Crippen LogP contribution in [0.1, 0.15) is 5.56 Å². The van der Waals surface area contributed by atoms with Gasteiger partial charge in [0.05, 0.1) is 20.2 Å². The monoisotopic (exact) mass is 321 g/mol. The van der Waals surface area contributed by atoms with Crippen molar-refractivity contribution in [3.05, 3.63) is 29.8 Å². The standard InChI is InChI=1S/C15H19N3O5/c1-23-12-4-2-11(3-5-12)8-13(15(22)17-6-7-19)18-14(21)9-16-10-20/h2-5,7,10,13H,6,8-9H2,1H3,(H,16,20)(H,17,22)(H,18,21). The van der Waals surface area contributed by atoms with E-state index in [-0.39, 0.29) is 19.5 Å². The Hall–Kier alpha value is -2.90. The van der Waals surface area contributed by atoms with Gasteiger partial charge in [0.15, 0.2) is 0 Å². The van der Waals surface area contributed by atoms with Gasteiger partial charge in [-0.05, 0) is 17.7 Å². The molecule has 8 nitrogen and oxygen atoms in total. The Labute approximate surface area is 133 Å². The van der Waals surface area contributed by atoms with Crippen LogP contribution >= 0.6 is 0 Å². The van der Waals surface area contributed by atoms with Crippen LogP contribution in [0, 0.1) is 0 Å². The van der Waals surface area contributed by atoms with E-state index in [2.05, 4.69) is 16.0 Å². The second-order valence-corrected chi connectivity index (χ2v) is 4.58. The number of methoxy groups -OCH3 is 1. The molecule has 1 atom stereocenters. The summed E-state index contributed by atoms with van der Waals surface area (Å²) in [6.07, 6.45) is 1.18. The van der Waals surface area contributed by atoms with E-state index in [0.717, 1.165) is 5.56 Å². The maximum Gasteiger partial charge on any atom is 0.243 e. The molecule has 1 unspecified atom stereocenters. The predicted molar refractivity (Wildman–Crippen MR) is 81.8 cm³/mol. The summed E-state index contributed by atoms with van der Waals surface area (Å²) in [4.78, 5) is 44.3. The van der Waals surface area contributed by atoms with Crippen molar-refractivity contribution < 1.29 is 23.9 Å². The second kappa shape index (κ2) is 9.93. The Balaban J connectivity index is 2.75. The maximum absolute atomic E-state index is 12.0. The molecule has 124 valence electrons. The van der Waals surface area contributed by atoms with Crippen molar-refractivity contribution in [3.8, 4) is 5.75 Å². The Bertz CT molecular complexity index is 545. The third kappa shape index (κ3) is 6.60. The van der Waals surface area contributed by atoms with Crippen LogP contribution in [0.15, 0.2) is 24.3 Å². The zero-order chi connectivity index (χ0) is 17.1. The van der Waals surface area contributed by atoms with Gasteiger partial charge in [-0.15, -0.1) is 0 Å². The van der Waals surface area contributed by atoms with E-state index in [1.807, 2.05) is 0 Å². The van der Waals surface area contributed by atoms with E-state index in [1.165, 1.54) is 0 Å². The topological polar surface area (TPSA) is 114 Å². The first-order valence-electron chi connectivity index (χ1n) is 6.91. The Morgan fingerprint density at radius 3 is 2.48 bits per heavy atom. The first-order valence-corrected chi connectivity index (χ1v) is 6.91. The molecular weight excluding hydrogens is 302 g/mol. The van der Waals surface area contributed by atoms with E-state index < -0.39 is 17.9 Å². The molecule has 3 amide bonds. The average Bonchev–Trinajstić information content (AvgIpc) is 2.57. The Morgan fingerprint density at radius 2 is 1.91 bits per heavy atom. The molecule has 1 aromatic carbocycles. The molecule has 8 heteroatoms. The lowest BCUT2D eigenvalue weighted by Crippen LogP contribution is -2.50. The molecule has 0 aliphatic carbocycles. The van der Waals surface area contributed by atoms with E-state index in [0.29, 0.717) is 18.4 Å². The minimum atomic E-state index is -0.857. The lowest BCUT2D eigenvalue weighted by molar-refractivity contribution is -0.129. The molecule has 0 spiro atoms. The summed E-state index contributed by atoms with van der Waals surface area (Å²) in [5, 5.41) is 7.14. The molecule has 0 aliphatic heterocycles. The number of hydrogen-bond donors (Lipinski definition) is 3. The molecule has 23 heavy (non-hydrogen) atoms. The van der Waals surface area contributed by atoms with Crippen LogP contribution in [0.4, 0.5) is 0 Å². The Kier molecular flexibility index (Phi) is 7.84. The van der Waals surface area contributed by atoms with E-state index in [4.69, 9.17) is 4.74 Å². The lowest BCUT2D eigenvalue weighted by atomic mass is 10.0. The molecule has 0 radical (unpaired) electrons. The van der Waals surface area contributed by atoms with Gasteiger partial charge in [0, 0.05) is 6.42 Å². The number of hydrogen-bond acceptors (Lipinski definition) is 5. The van der Waals surface area contributed by atoms with Crippen molar-refractivity contribution >= 4 is 24.5 Å². The molecule has 0 bridgehead atoms. The zero-order valence-corrected chi connectivity index (χ0v) is 12.7. The van der Waals surface area contributed by atoms with Crippen LogP contribution in [0.3, 0.4) is 0 Å². The molecular formula is C15H19N3O5. The van der Waals surface area contributed by atoms with E-state index in [9.17, 15) is 19.2 Å². The van der Waals surface area contributed by atoms with Crippen LogP contribution < -0.4 is 20.7 Å². The predicted octanol–water partition coefficient (Wildman–Crippen LogP) is -1.22. The number of nitrogens with one attached hydrogen (secondary N) is 3. The van der Waals surface area contributed by atoms with Gasteiger partial charge in [0.1, 0.15) is 18.1 Å². The van der Waals surface area contributed by atoms with E-state index in [1.54, 1.807) is 31.4 Å². The fourth-order valence-corrected chi connectivity index (χ4v) is 1.85. The number of carbonyl (C=O) groups excluding carboxylic acids is 4. The first-order chi connectivity index (χ1) is 11.1. The summed E-state index contributed by atoms with van der Waals surface area (Å²) in [6.45, 7) is -0.371. The van der Waals surface area contributed by atoms with Crippen molar-refractivity contribution in [2.45, 2.75) is 12.5 Å². The van der Waals surface area contributed by atoms with Gasteiger partial charge in [-0.3, -0.25) is 14.4 Å². The van der Waals surface area contributed by atoms with Gasteiger partial charge in [0.25, 0.3) is 0 Å². The quantitative estimate of drug-likeness (QED) is 0.468. The van der Waals surface area contributed by atoms with Gasteiger partial charge in [-0.1, -0.05) is 12.1 Å². The third-order valence-electron chi connectivity index (χ3n) is 2.96.